The molecule has 1 heterocycles. The highest BCUT2D eigenvalue weighted by Crippen LogP contribution is 2.29. The Balaban J connectivity index is 1.96. The number of aryl methyl sites for hydroxylation is 2. The fourth-order valence-electron chi connectivity index (χ4n) is 3.31. The molecule has 0 fully saturated rings. The van der Waals surface area contributed by atoms with E-state index < -0.39 is 10.8 Å². The molecule has 1 amide bonds. The Bertz CT molecular complexity index is 1320. The molecule has 1 N–H and O–H groups in total. The third-order valence-electron chi connectivity index (χ3n) is 4.98. The van der Waals surface area contributed by atoms with Crippen LogP contribution in [-0.4, -0.2) is 15.4 Å². The van der Waals surface area contributed by atoms with E-state index in [0.29, 0.717) is 21.2 Å². The average molecular weight is 469 g/mol. The second kappa shape index (κ2) is 9.27. The fourth-order valence-corrected chi connectivity index (χ4v) is 3.60. The van der Waals surface area contributed by atoms with Crippen molar-refractivity contribution in [3.63, 3.8) is 0 Å². The maximum atomic E-state index is 12.7. The predicted octanol–water partition coefficient (Wildman–Crippen LogP) is 6.16. The van der Waals surface area contributed by atoms with Gasteiger partial charge in [-0.25, -0.2) is 0 Å². The highest BCUT2D eigenvalue weighted by molar-refractivity contribution is 6.42. The van der Waals surface area contributed by atoms with E-state index in [1.54, 1.807) is 19.1 Å². The molecule has 1 aromatic heterocycles. The largest absolute Gasteiger partial charge is 0.321 e. The van der Waals surface area contributed by atoms with Crippen LogP contribution in [0, 0.1) is 42.2 Å². The van der Waals surface area contributed by atoms with Crippen molar-refractivity contribution in [2.24, 2.45) is 0 Å². The van der Waals surface area contributed by atoms with Gasteiger partial charge in [0.1, 0.15) is 11.6 Å². The number of nitro benzene ring substituents is 1. The number of non-ortho nitro benzene ring substituents is 1. The van der Waals surface area contributed by atoms with Gasteiger partial charge in [-0.15, -0.1) is 0 Å². The van der Waals surface area contributed by atoms with E-state index in [4.69, 9.17) is 23.2 Å². The van der Waals surface area contributed by atoms with Crippen LogP contribution in [0.4, 0.5) is 11.4 Å². The number of nitro groups is 1. The number of amides is 1. The number of rotatable bonds is 5. The van der Waals surface area contributed by atoms with E-state index in [1.807, 2.05) is 36.6 Å². The van der Waals surface area contributed by atoms with Gasteiger partial charge in [0.15, 0.2) is 0 Å². The van der Waals surface area contributed by atoms with E-state index in [2.05, 4.69) is 5.32 Å². The summed E-state index contributed by atoms with van der Waals surface area (Å²) in [7, 11) is 0. The highest BCUT2D eigenvalue weighted by atomic mass is 35.5. The summed E-state index contributed by atoms with van der Waals surface area (Å²) in [4.78, 5) is 23.2. The zero-order chi connectivity index (χ0) is 23.6. The summed E-state index contributed by atoms with van der Waals surface area (Å²) in [6, 6.07) is 13.2. The smallest absolute Gasteiger partial charge is 0.271 e. The normalized spacial score (nSPS) is 11.2. The lowest BCUT2D eigenvalue weighted by molar-refractivity contribution is -0.384. The SMILES string of the molecule is Cc1ccc([N+](=O)[O-])cc1NC(=O)/C(C#N)=C/c1cc(C)n(-c2ccc(Cl)c(Cl)c2)c1C. The number of aromatic nitrogens is 1. The van der Waals surface area contributed by atoms with Gasteiger partial charge in [-0.1, -0.05) is 29.3 Å². The minimum absolute atomic E-state index is 0.134. The lowest BCUT2D eigenvalue weighted by atomic mass is 10.1. The predicted molar refractivity (Wildman–Crippen MR) is 125 cm³/mol. The molecule has 3 aromatic rings. The number of anilines is 1. The summed E-state index contributed by atoms with van der Waals surface area (Å²) in [6.07, 6.45) is 1.48. The van der Waals surface area contributed by atoms with Crippen molar-refractivity contribution in [1.29, 1.82) is 5.26 Å². The molecule has 9 heteroatoms. The van der Waals surface area contributed by atoms with Gasteiger partial charge in [-0.3, -0.25) is 14.9 Å². The maximum absolute atomic E-state index is 12.7. The zero-order valence-corrected chi connectivity index (χ0v) is 19.0. The van der Waals surface area contributed by atoms with Crippen LogP contribution in [0.1, 0.15) is 22.5 Å². The zero-order valence-electron chi connectivity index (χ0n) is 17.4. The van der Waals surface area contributed by atoms with E-state index >= 15 is 0 Å². The number of halogens is 2. The van der Waals surface area contributed by atoms with Crippen LogP contribution < -0.4 is 5.32 Å². The van der Waals surface area contributed by atoms with Gasteiger partial charge in [0, 0.05) is 29.2 Å². The summed E-state index contributed by atoms with van der Waals surface area (Å²) < 4.78 is 1.94. The fraction of sp³-hybridized carbons (Fsp3) is 0.130. The van der Waals surface area contributed by atoms with Crippen LogP contribution in [-0.2, 0) is 4.79 Å². The Kier molecular flexibility index (Phi) is 6.68. The first-order valence-corrected chi connectivity index (χ1v) is 10.2. The molecular weight excluding hydrogens is 451 g/mol. The number of nitriles is 1. The van der Waals surface area contributed by atoms with E-state index in [1.165, 1.54) is 24.3 Å². The van der Waals surface area contributed by atoms with Gasteiger partial charge in [-0.2, -0.15) is 5.26 Å². The summed E-state index contributed by atoms with van der Waals surface area (Å²) in [6.45, 7) is 5.46. The molecule has 3 rings (SSSR count). The lowest BCUT2D eigenvalue weighted by Crippen LogP contribution is -2.14. The standard InChI is InChI=1S/C23H18Cl2N4O3/c1-13-4-5-19(29(31)32)11-22(13)27-23(30)17(12-26)9-16-8-14(2)28(15(16)3)18-6-7-20(24)21(25)10-18/h4-11H,1-3H3,(H,27,30)/b17-9+. The van der Waals surface area contributed by atoms with Crippen molar-refractivity contribution >= 4 is 46.6 Å². The van der Waals surface area contributed by atoms with Crippen LogP contribution >= 0.6 is 23.2 Å². The molecule has 0 aliphatic carbocycles. The van der Waals surface area contributed by atoms with E-state index in [-0.39, 0.29) is 16.9 Å². The van der Waals surface area contributed by atoms with Gasteiger partial charge in [0.25, 0.3) is 11.6 Å². The number of carbonyl (C=O) groups is 1. The Morgan fingerprint density at radius 1 is 1.12 bits per heavy atom. The minimum Gasteiger partial charge on any atom is -0.321 e. The molecule has 0 saturated carbocycles. The molecule has 0 saturated heterocycles. The van der Waals surface area contributed by atoms with Gasteiger partial charge in [-0.05, 0) is 62.2 Å². The van der Waals surface area contributed by atoms with Gasteiger partial charge >= 0.3 is 0 Å². The summed E-state index contributed by atoms with van der Waals surface area (Å²) in [5.74, 6) is -0.657. The summed E-state index contributed by atoms with van der Waals surface area (Å²) in [5.41, 5.74) is 3.77. The number of nitrogens with zero attached hydrogens (tertiary/aromatic N) is 3. The second-order valence-corrected chi connectivity index (χ2v) is 7.95. The summed E-state index contributed by atoms with van der Waals surface area (Å²) >= 11 is 12.2. The second-order valence-electron chi connectivity index (χ2n) is 7.14. The average Bonchev–Trinajstić information content (AvgIpc) is 3.02. The number of carbonyl (C=O) groups excluding carboxylic acids is 1. The molecule has 0 bridgehead atoms. The van der Waals surface area contributed by atoms with Crippen LogP contribution in [0.15, 0.2) is 48.0 Å². The quantitative estimate of drug-likeness (QED) is 0.209. The molecular formula is C23H18Cl2N4O3. The van der Waals surface area contributed by atoms with Crippen LogP contribution in [0.25, 0.3) is 11.8 Å². The molecule has 0 aliphatic rings. The highest BCUT2D eigenvalue weighted by Gasteiger charge is 2.16. The van der Waals surface area contributed by atoms with Crippen molar-refractivity contribution in [3.8, 4) is 11.8 Å². The van der Waals surface area contributed by atoms with E-state index in [0.717, 1.165) is 17.1 Å². The molecule has 7 nitrogen and oxygen atoms in total. The van der Waals surface area contributed by atoms with E-state index in [9.17, 15) is 20.2 Å². The third-order valence-corrected chi connectivity index (χ3v) is 5.72. The molecule has 0 unspecified atom stereocenters. The maximum Gasteiger partial charge on any atom is 0.271 e. The van der Waals surface area contributed by atoms with Crippen LogP contribution in [0.5, 0.6) is 0 Å². The monoisotopic (exact) mass is 468 g/mol. The molecule has 32 heavy (non-hydrogen) atoms. The molecule has 0 atom stereocenters. The first-order valence-electron chi connectivity index (χ1n) is 9.45. The molecule has 0 aliphatic heterocycles. The molecule has 0 spiro atoms. The van der Waals surface area contributed by atoms with Gasteiger partial charge in [0.2, 0.25) is 0 Å². The minimum atomic E-state index is -0.657. The van der Waals surface area contributed by atoms with Crippen molar-refractivity contribution in [1.82, 2.24) is 4.57 Å². The van der Waals surface area contributed by atoms with Crippen LogP contribution in [0.2, 0.25) is 10.0 Å². The Morgan fingerprint density at radius 2 is 1.84 bits per heavy atom. The molecule has 162 valence electrons. The first-order chi connectivity index (χ1) is 15.1. The Labute approximate surface area is 194 Å². The lowest BCUT2D eigenvalue weighted by Gasteiger charge is -2.11. The van der Waals surface area contributed by atoms with Crippen molar-refractivity contribution < 1.29 is 9.72 Å². The first kappa shape index (κ1) is 23.1. The number of nitrogens with one attached hydrogen (secondary N) is 1. The van der Waals surface area contributed by atoms with Gasteiger partial charge < -0.3 is 9.88 Å². The number of hydrogen-bond acceptors (Lipinski definition) is 4. The van der Waals surface area contributed by atoms with Crippen LogP contribution in [0.3, 0.4) is 0 Å². The van der Waals surface area contributed by atoms with Crippen molar-refractivity contribution in [2.75, 3.05) is 5.32 Å². The Hall–Kier alpha value is -3.60. The Morgan fingerprint density at radius 3 is 2.47 bits per heavy atom. The molecule has 0 radical (unpaired) electrons. The molecule has 2 aromatic carbocycles. The number of hydrogen-bond donors (Lipinski definition) is 1. The van der Waals surface area contributed by atoms with Crippen molar-refractivity contribution in [2.45, 2.75) is 20.8 Å². The third kappa shape index (κ3) is 4.67. The van der Waals surface area contributed by atoms with Crippen molar-refractivity contribution in [3.05, 3.63) is 90.7 Å². The van der Waals surface area contributed by atoms with Gasteiger partial charge in [0.05, 0.1) is 20.7 Å². The topological polar surface area (TPSA) is 101 Å². The summed E-state index contributed by atoms with van der Waals surface area (Å²) in [5, 5.41) is 24.0. The number of benzene rings is 2.